The minimum Gasteiger partial charge on any atom is -0.496 e. The van der Waals surface area contributed by atoms with Gasteiger partial charge in [0.05, 0.1) is 19.0 Å². The first-order chi connectivity index (χ1) is 15.8. The zero-order valence-corrected chi connectivity index (χ0v) is 22.0. The lowest BCUT2D eigenvalue weighted by atomic mass is 9.80. The Kier molecular flexibility index (Phi) is 5.80. The highest BCUT2D eigenvalue weighted by Crippen LogP contribution is 2.47. The lowest BCUT2D eigenvalue weighted by Crippen LogP contribution is -2.45. The van der Waals surface area contributed by atoms with Crippen molar-refractivity contribution >= 4 is 48.0 Å². The molecule has 34 heavy (non-hydrogen) atoms. The number of aromatic nitrogens is 3. The predicted octanol–water partition coefficient (Wildman–Crippen LogP) is 3.52. The van der Waals surface area contributed by atoms with E-state index in [1.54, 1.807) is 13.3 Å². The lowest BCUT2D eigenvalue weighted by molar-refractivity contribution is -0.612. The third-order valence-electron chi connectivity index (χ3n) is 7.13. The van der Waals surface area contributed by atoms with Crippen molar-refractivity contribution in [3.8, 4) is 11.7 Å². The largest absolute Gasteiger partial charge is 0.496 e. The van der Waals surface area contributed by atoms with Gasteiger partial charge in [0.25, 0.3) is 0 Å². The summed E-state index contributed by atoms with van der Waals surface area (Å²) in [5, 5.41) is 9.78. The minimum absolute atomic E-state index is 0.0487. The molecule has 2 N–H and O–H groups in total. The minimum atomic E-state index is -1.37. The maximum atomic E-state index is 13.0. The van der Waals surface area contributed by atoms with Gasteiger partial charge in [-0.1, -0.05) is 4.98 Å². The fourth-order valence-electron chi connectivity index (χ4n) is 5.01. The van der Waals surface area contributed by atoms with E-state index in [4.69, 9.17) is 9.72 Å². The van der Waals surface area contributed by atoms with E-state index in [-0.39, 0.29) is 18.0 Å². The number of nitrogens with zero attached hydrogens (tertiary/aromatic N) is 2. The second-order valence-corrected chi connectivity index (χ2v) is 11.2. The molecule has 1 aliphatic carbocycles. The zero-order valence-electron chi connectivity index (χ0n) is 20.2. The maximum Gasteiger partial charge on any atom is 0.402 e. The number of rotatable bonds is 6. The third kappa shape index (κ3) is 3.51. The number of imidazole rings is 1. The van der Waals surface area contributed by atoms with Crippen LogP contribution in [0.15, 0.2) is 24.4 Å². The fraction of sp³-hybridized carbons (Fsp3) is 0.440. The number of ketones is 1. The Morgan fingerprint density at radius 1 is 1.24 bits per heavy atom. The first kappa shape index (κ1) is 24.6. The summed E-state index contributed by atoms with van der Waals surface area (Å²) < 4.78 is 5.95. The summed E-state index contributed by atoms with van der Waals surface area (Å²) in [6.07, 6.45) is 1.92. The van der Waals surface area contributed by atoms with Crippen molar-refractivity contribution in [1.82, 2.24) is 9.97 Å². The van der Waals surface area contributed by atoms with Crippen molar-refractivity contribution in [2.45, 2.75) is 56.6 Å². The SMILES string of the molecule is COc1cc[n+](-c2nc3cc4c(cc3[nH]2)C(C)(C)C(=O)C4(C)C)c(CC(S)(CS)C(=O)O)c1C. The van der Waals surface area contributed by atoms with E-state index in [1.807, 2.05) is 57.4 Å². The molecule has 1 atom stereocenters. The Morgan fingerprint density at radius 3 is 2.41 bits per heavy atom. The normalized spacial score (nSPS) is 18.1. The van der Waals surface area contributed by atoms with Gasteiger partial charge in [0.1, 0.15) is 16.0 Å². The standard InChI is InChI=1S/C25H29N3O4S2/c1-13-18(11-25(34,12-33)21(30)31)28(8-7-19(13)32-6)22-26-16-9-14-15(10-17(16)27-22)24(4,5)20(29)23(14,2)3/h7-10H,11-12H2,1-6H3,(H3-,26,27,30,31,33,34)/p+1. The quantitative estimate of drug-likeness (QED) is 0.307. The molecule has 2 aromatic heterocycles. The molecular formula is C25H30N3O4S2+. The van der Waals surface area contributed by atoms with E-state index in [0.717, 1.165) is 27.7 Å². The number of aromatic amines is 1. The molecule has 7 nitrogen and oxygen atoms in total. The number of benzene rings is 1. The fourth-order valence-corrected chi connectivity index (χ4v) is 5.41. The number of carbonyl (C=O) groups excluding carboxylic acids is 1. The van der Waals surface area contributed by atoms with Crippen molar-refractivity contribution in [3.05, 3.63) is 46.8 Å². The van der Waals surface area contributed by atoms with Gasteiger partial charge in [0, 0.05) is 34.6 Å². The van der Waals surface area contributed by atoms with Crippen LogP contribution in [0.3, 0.4) is 0 Å². The van der Waals surface area contributed by atoms with E-state index in [9.17, 15) is 14.7 Å². The highest BCUT2D eigenvalue weighted by atomic mass is 32.1. The van der Waals surface area contributed by atoms with E-state index in [2.05, 4.69) is 30.2 Å². The molecule has 3 aromatic rings. The molecule has 0 radical (unpaired) electrons. The van der Waals surface area contributed by atoms with Crippen LogP contribution in [0.25, 0.3) is 17.0 Å². The number of fused-ring (bicyclic) bond motifs is 2. The summed E-state index contributed by atoms with van der Waals surface area (Å²) >= 11 is 8.69. The molecule has 4 rings (SSSR count). The average molecular weight is 501 g/mol. The molecule has 0 bridgehead atoms. The van der Waals surface area contributed by atoms with Gasteiger partial charge in [0.15, 0.2) is 11.3 Å². The van der Waals surface area contributed by atoms with E-state index in [0.29, 0.717) is 17.4 Å². The Morgan fingerprint density at radius 2 is 1.85 bits per heavy atom. The van der Waals surface area contributed by atoms with Crippen LogP contribution < -0.4 is 9.30 Å². The Hall–Kier alpha value is -2.52. The average Bonchev–Trinajstić information content (AvgIpc) is 3.26. The number of aliphatic carboxylic acids is 1. The molecular weight excluding hydrogens is 470 g/mol. The summed E-state index contributed by atoms with van der Waals surface area (Å²) in [6.45, 7) is 9.71. The number of methoxy groups -OCH3 is 1. The van der Waals surface area contributed by atoms with Crippen LogP contribution in [0.2, 0.25) is 0 Å². The summed E-state index contributed by atoms with van der Waals surface area (Å²) in [7, 11) is 1.58. The maximum absolute atomic E-state index is 13.0. The van der Waals surface area contributed by atoms with Gasteiger partial charge in [-0.2, -0.15) is 25.3 Å². The van der Waals surface area contributed by atoms with Crippen molar-refractivity contribution in [2.24, 2.45) is 0 Å². The molecule has 0 fully saturated rings. The van der Waals surface area contributed by atoms with Crippen LogP contribution >= 0.6 is 25.3 Å². The first-order valence-electron chi connectivity index (χ1n) is 11.0. The molecule has 1 aliphatic rings. The van der Waals surface area contributed by atoms with Crippen LogP contribution in [0.1, 0.15) is 50.1 Å². The van der Waals surface area contributed by atoms with Crippen molar-refractivity contribution < 1.29 is 24.0 Å². The van der Waals surface area contributed by atoms with Crippen LogP contribution in [0, 0.1) is 6.92 Å². The van der Waals surface area contributed by atoms with Gasteiger partial charge in [-0.15, -0.1) is 0 Å². The summed E-state index contributed by atoms with van der Waals surface area (Å²) in [5.74, 6) is 0.378. The number of thiol groups is 2. The molecule has 9 heteroatoms. The number of Topliss-reactive ketones (excluding diaryl/α,β-unsaturated/α-hetero) is 1. The Labute approximate surface area is 209 Å². The molecule has 0 saturated carbocycles. The molecule has 1 unspecified atom stereocenters. The number of nitrogens with one attached hydrogen (secondary N) is 1. The van der Waals surface area contributed by atoms with Crippen LogP contribution in [-0.2, 0) is 26.8 Å². The second-order valence-electron chi connectivity index (χ2n) is 10.1. The highest BCUT2D eigenvalue weighted by Gasteiger charge is 2.51. The van der Waals surface area contributed by atoms with Crippen molar-refractivity contribution in [2.75, 3.05) is 12.9 Å². The van der Waals surface area contributed by atoms with Crippen LogP contribution in [0.5, 0.6) is 5.75 Å². The second kappa shape index (κ2) is 8.02. The van der Waals surface area contributed by atoms with Crippen LogP contribution in [-0.4, -0.2) is 44.4 Å². The highest BCUT2D eigenvalue weighted by molar-refractivity contribution is 7.86. The van der Waals surface area contributed by atoms with Gasteiger partial charge < -0.3 is 9.84 Å². The number of carboxylic acids is 1. The van der Waals surface area contributed by atoms with Gasteiger partial charge in [0.2, 0.25) is 0 Å². The molecule has 180 valence electrons. The monoisotopic (exact) mass is 500 g/mol. The summed E-state index contributed by atoms with van der Waals surface area (Å²) in [6, 6.07) is 5.82. The topological polar surface area (TPSA) is 96.2 Å². The van der Waals surface area contributed by atoms with Gasteiger partial charge in [-0.25, -0.2) is 9.55 Å². The number of carbonyl (C=O) groups is 2. The van der Waals surface area contributed by atoms with Crippen molar-refractivity contribution in [3.63, 3.8) is 0 Å². The van der Waals surface area contributed by atoms with E-state index in [1.165, 1.54) is 0 Å². The third-order valence-corrected chi connectivity index (χ3v) is 8.42. The Balaban J connectivity index is 1.91. The predicted molar refractivity (Wildman–Crippen MR) is 137 cm³/mol. The van der Waals surface area contributed by atoms with Crippen LogP contribution in [0.4, 0.5) is 0 Å². The Bertz CT molecular complexity index is 1290. The number of ether oxygens (including phenoxy) is 1. The van der Waals surface area contributed by atoms with Gasteiger partial charge >= 0.3 is 11.9 Å². The molecule has 0 saturated heterocycles. The lowest BCUT2D eigenvalue weighted by Gasteiger charge is -2.23. The number of carboxylic acid groups (broad SMARTS) is 1. The van der Waals surface area contributed by atoms with Gasteiger partial charge in [-0.3, -0.25) is 9.59 Å². The zero-order chi connectivity index (χ0) is 25.2. The van der Waals surface area contributed by atoms with E-state index >= 15 is 0 Å². The molecule has 1 aromatic carbocycles. The number of pyridine rings is 1. The number of H-pyrrole nitrogens is 1. The van der Waals surface area contributed by atoms with E-state index < -0.39 is 21.5 Å². The molecule has 0 spiro atoms. The summed E-state index contributed by atoms with van der Waals surface area (Å²) in [5.41, 5.74) is 3.84. The molecule has 0 aliphatic heterocycles. The molecule has 0 amide bonds. The summed E-state index contributed by atoms with van der Waals surface area (Å²) in [4.78, 5) is 33.2. The number of hydrogen-bond acceptors (Lipinski definition) is 6. The molecule has 2 heterocycles. The van der Waals surface area contributed by atoms with Crippen molar-refractivity contribution in [1.29, 1.82) is 0 Å². The smallest absolute Gasteiger partial charge is 0.402 e. The van der Waals surface area contributed by atoms with Gasteiger partial charge in [-0.05, 0) is 57.9 Å². The number of hydrogen-bond donors (Lipinski definition) is 4. The first-order valence-corrected chi connectivity index (χ1v) is 12.1.